The van der Waals surface area contributed by atoms with Gasteiger partial charge in [-0.05, 0) is 6.20 Å². The molecule has 2 aromatic heterocycles. The van der Waals surface area contributed by atoms with Crippen LogP contribution in [-0.4, -0.2) is 59.8 Å². The molecule has 1 aliphatic rings. The van der Waals surface area contributed by atoms with Gasteiger partial charge >= 0.3 is 0 Å². The summed E-state index contributed by atoms with van der Waals surface area (Å²) in [5.41, 5.74) is -0.0341. The van der Waals surface area contributed by atoms with Crippen LogP contribution in [0.25, 0.3) is 11.2 Å². The third kappa shape index (κ3) is 2.45. The van der Waals surface area contributed by atoms with E-state index in [1.54, 1.807) is 0 Å². The molecule has 0 saturated carbocycles. The second-order valence-electron chi connectivity index (χ2n) is 4.23. The zero-order valence-corrected chi connectivity index (χ0v) is 13.0. The number of imidazole rings is 1. The molecular formula is C10H11N4O5Y-. The molecule has 0 amide bonds. The van der Waals surface area contributed by atoms with Gasteiger partial charge in [-0.2, -0.15) is 0 Å². The van der Waals surface area contributed by atoms with Crippen LogP contribution in [0.1, 0.15) is 6.23 Å². The zero-order valence-electron chi connectivity index (χ0n) is 10.2. The number of aromatic nitrogens is 4. The first-order valence-corrected chi connectivity index (χ1v) is 5.59. The van der Waals surface area contributed by atoms with E-state index in [2.05, 4.69) is 21.1 Å². The number of aliphatic hydroxyl groups is 3. The van der Waals surface area contributed by atoms with Gasteiger partial charge in [0.2, 0.25) is 5.69 Å². The van der Waals surface area contributed by atoms with Crippen molar-refractivity contribution in [1.29, 1.82) is 0 Å². The van der Waals surface area contributed by atoms with Gasteiger partial charge in [0.15, 0.2) is 6.23 Å². The summed E-state index contributed by atoms with van der Waals surface area (Å²) in [6.45, 7) is -0.425. The van der Waals surface area contributed by atoms with Crippen LogP contribution < -0.4 is 5.69 Å². The molecular weight excluding hydrogens is 345 g/mol. The van der Waals surface area contributed by atoms with Crippen LogP contribution in [-0.2, 0) is 37.4 Å². The summed E-state index contributed by atoms with van der Waals surface area (Å²) in [4.78, 5) is 21.0. The number of aliphatic hydroxyl groups excluding tert-OH is 3. The van der Waals surface area contributed by atoms with E-state index in [-0.39, 0.29) is 38.4 Å². The van der Waals surface area contributed by atoms with Gasteiger partial charge in [0.1, 0.15) is 18.3 Å². The van der Waals surface area contributed by atoms with Crippen LogP contribution in [0.4, 0.5) is 0 Å². The first-order valence-electron chi connectivity index (χ1n) is 5.59. The van der Waals surface area contributed by atoms with E-state index in [0.29, 0.717) is 5.52 Å². The van der Waals surface area contributed by atoms with Crippen LogP contribution >= 0.6 is 0 Å². The number of rotatable bonds is 2. The standard InChI is InChI=1S/C10H11N4O5.Y/c15-2-5-6(16)7(17)9(19-5)14-3-12-4-1-11-10(18)13-8(4)14;/h3,5-7,9,15-17H,2H2,(H,11,13,18);/q-1;/t5-,6+,7?,9-;/m1./s1. The summed E-state index contributed by atoms with van der Waals surface area (Å²) in [6, 6.07) is 0. The van der Waals surface area contributed by atoms with Crippen LogP contribution in [0.5, 0.6) is 0 Å². The molecule has 4 atom stereocenters. The van der Waals surface area contributed by atoms with E-state index in [0.717, 1.165) is 0 Å². The van der Waals surface area contributed by atoms with Crippen molar-refractivity contribution in [3.05, 3.63) is 23.0 Å². The maximum Gasteiger partial charge on any atom is 0.229 e. The molecule has 0 aliphatic carbocycles. The minimum Gasteiger partial charge on any atom is -0.397 e. The Morgan fingerprint density at radius 2 is 2.20 bits per heavy atom. The van der Waals surface area contributed by atoms with E-state index < -0.39 is 36.8 Å². The number of hydrogen-bond donors (Lipinski definition) is 4. The molecule has 0 aromatic carbocycles. The smallest absolute Gasteiger partial charge is 0.229 e. The van der Waals surface area contributed by atoms with Gasteiger partial charge in [-0.15, -0.1) is 0 Å². The molecule has 9 nitrogen and oxygen atoms in total. The molecule has 1 fully saturated rings. The fraction of sp³-hybridized carbons (Fsp3) is 0.500. The van der Waals surface area contributed by atoms with E-state index in [1.165, 1.54) is 10.9 Å². The van der Waals surface area contributed by atoms with Crippen LogP contribution in [0.3, 0.4) is 0 Å². The van der Waals surface area contributed by atoms with E-state index in [4.69, 9.17) is 9.84 Å². The van der Waals surface area contributed by atoms with E-state index >= 15 is 0 Å². The molecule has 3 rings (SSSR count). The average molecular weight is 356 g/mol. The minimum absolute atomic E-state index is 0. The van der Waals surface area contributed by atoms with Crippen molar-refractivity contribution in [2.24, 2.45) is 0 Å². The van der Waals surface area contributed by atoms with Crippen molar-refractivity contribution in [3.63, 3.8) is 0 Å². The summed E-state index contributed by atoms with van der Waals surface area (Å²) < 4.78 is 6.70. The number of nitrogens with one attached hydrogen (secondary N) is 1. The molecule has 0 spiro atoms. The van der Waals surface area contributed by atoms with Gasteiger partial charge in [0, 0.05) is 43.9 Å². The topological polar surface area (TPSA) is 133 Å². The fourth-order valence-electron chi connectivity index (χ4n) is 2.10. The molecule has 4 N–H and O–H groups in total. The Labute approximate surface area is 137 Å². The third-order valence-electron chi connectivity index (χ3n) is 3.07. The van der Waals surface area contributed by atoms with E-state index in [1.807, 2.05) is 0 Å². The molecule has 1 unspecified atom stereocenters. The SMILES string of the molecule is O=c1n[c-]c2ncn([C@@H]3O[C@H](CO)[C@H](O)C3O)c2[nH]1.[Y]. The van der Waals surface area contributed by atoms with Gasteiger partial charge in [0.25, 0.3) is 0 Å². The van der Waals surface area contributed by atoms with Gasteiger partial charge in [-0.25, -0.2) is 0 Å². The Hall–Kier alpha value is -0.706. The molecule has 3 heterocycles. The zero-order chi connectivity index (χ0) is 13.6. The Morgan fingerprint density at radius 1 is 1.45 bits per heavy atom. The summed E-state index contributed by atoms with van der Waals surface area (Å²) in [5, 5.41) is 28.6. The molecule has 0 bridgehead atoms. The van der Waals surface area contributed by atoms with Crippen LogP contribution in [0.15, 0.2) is 11.1 Å². The number of aromatic amines is 1. The van der Waals surface area contributed by atoms with Gasteiger partial charge < -0.3 is 39.4 Å². The van der Waals surface area contributed by atoms with Crippen molar-refractivity contribution in [3.8, 4) is 0 Å². The summed E-state index contributed by atoms with van der Waals surface area (Å²) in [6.07, 6.45) is -0.538. The first-order chi connectivity index (χ1) is 9.11. The van der Waals surface area contributed by atoms with Gasteiger partial charge in [0.05, 0.1) is 12.9 Å². The monoisotopic (exact) mass is 356 g/mol. The van der Waals surface area contributed by atoms with Crippen LogP contribution in [0.2, 0.25) is 0 Å². The van der Waals surface area contributed by atoms with E-state index in [9.17, 15) is 15.0 Å². The van der Waals surface area contributed by atoms with Gasteiger partial charge in [-0.1, -0.05) is 0 Å². The normalized spacial score (nSPS) is 29.6. The molecule has 105 valence electrons. The van der Waals surface area contributed by atoms with Crippen molar-refractivity contribution in [2.45, 2.75) is 24.5 Å². The largest absolute Gasteiger partial charge is 0.397 e. The van der Waals surface area contributed by atoms with Crippen molar-refractivity contribution in [1.82, 2.24) is 19.5 Å². The molecule has 1 saturated heterocycles. The van der Waals surface area contributed by atoms with Crippen molar-refractivity contribution in [2.75, 3.05) is 6.61 Å². The minimum atomic E-state index is -1.24. The second kappa shape index (κ2) is 5.96. The van der Waals surface area contributed by atoms with Crippen LogP contribution in [0, 0.1) is 6.20 Å². The Morgan fingerprint density at radius 3 is 2.85 bits per heavy atom. The average Bonchev–Trinajstić information content (AvgIpc) is 2.92. The fourth-order valence-corrected chi connectivity index (χ4v) is 2.10. The molecule has 1 radical (unpaired) electrons. The third-order valence-corrected chi connectivity index (χ3v) is 3.07. The quantitative estimate of drug-likeness (QED) is 0.438. The van der Waals surface area contributed by atoms with Crippen molar-refractivity contribution < 1.29 is 52.8 Å². The number of hydrogen-bond acceptors (Lipinski definition) is 7. The first kappa shape index (κ1) is 15.7. The number of nitrogens with zero attached hydrogens (tertiary/aromatic N) is 3. The van der Waals surface area contributed by atoms with Gasteiger partial charge in [-0.3, -0.25) is 4.98 Å². The summed E-state index contributed by atoms with van der Waals surface area (Å²) in [7, 11) is 0. The summed E-state index contributed by atoms with van der Waals surface area (Å²) >= 11 is 0. The predicted molar refractivity (Wildman–Crippen MR) is 60.0 cm³/mol. The number of H-pyrrole nitrogens is 1. The molecule has 10 heteroatoms. The molecule has 20 heavy (non-hydrogen) atoms. The summed E-state index contributed by atoms with van der Waals surface area (Å²) in [5.74, 6) is 0. The second-order valence-corrected chi connectivity index (χ2v) is 4.23. The number of ether oxygens (including phenoxy) is 1. The number of fused-ring (bicyclic) bond motifs is 1. The Balaban J connectivity index is 0.00000147. The Bertz CT molecular complexity index is 658. The predicted octanol–water partition coefficient (Wildman–Crippen LogP) is -2.47. The maximum atomic E-state index is 11.2. The van der Waals surface area contributed by atoms with Crippen molar-refractivity contribution >= 4 is 11.2 Å². The molecule has 2 aromatic rings. The molecule has 1 aliphatic heterocycles. The maximum absolute atomic E-state index is 11.2. The Kier molecular flexibility index (Phi) is 4.67.